The average molecular weight is 341 g/mol. The molecule has 0 heterocycles. The zero-order valence-corrected chi connectivity index (χ0v) is 14.6. The quantitative estimate of drug-likeness (QED) is 0.184. The van der Waals surface area contributed by atoms with Crippen molar-refractivity contribution in [2.24, 2.45) is 0 Å². The Bertz CT molecular complexity index is 72.7. The van der Waals surface area contributed by atoms with E-state index in [0.29, 0.717) is 0 Å². The first-order valence-corrected chi connectivity index (χ1v) is 3.10. The van der Waals surface area contributed by atoms with Crippen LogP contribution in [0.1, 0.15) is 1.43 Å². The normalized spacial score (nSPS) is 6.00. The molecule has 12 nitrogen and oxygen atoms in total. The second-order valence-electron chi connectivity index (χ2n) is 1.39. The van der Waals surface area contributed by atoms with Crippen LogP contribution in [-0.4, -0.2) is 148 Å². The fraction of sp³-hybridized carbons (Fsp3) is 0. The van der Waals surface area contributed by atoms with E-state index in [-0.39, 0.29) is 78.5 Å². The van der Waals surface area contributed by atoms with Gasteiger partial charge in [-0.25, -0.2) is 0 Å². The molecule has 18 heavy (non-hydrogen) atoms. The molecule has 0 spiro atoms. The molecule has 0 aromatic carbocycles. The molecule has 1 radical (unpaired) electrons. The molecule has 0 fully saturated rings. The second kappa shape index (κ2) is 31.5. The van der Waals surface area contributed by atoms with Crippen molar-refractivity contribution in [3.05, 3.63) is 0 Å². The van der Waals surface area contributed by atoms with E-state index in [1.807, 2.05) is 0 Å². The zero-order chi connectivity index (χ0) is 14.3. The van der Waals surface area contributed by atoms with Crippen molar-refractivity contribution in [1.82, 2.24) is 0 Å². The van der Waals surface area contributed by atoms with E-state index in [9.17, 15) is 0 Å². The Balaban J connectivity index is -0.0000000192. The average Bonchev–Trinajstić information content (AvgIpc) is 1.76. The molecule has 0 saturated heterocycles. The van der Waals surface area contributed by atoms with Crippen LogP contribution in [0.2, 0.25) is 0 Å². The van der Waals surface area contributed by atoms with Crippen LogP contribution in [0.3, 0.4) is 0 Å². The Labute approximate surface area is 166 Å². The predicted octanol–water partition coefficient (Wildman–Crippen LogP) is -11.5. The van der Waals surface area contributed by atoms with Crippen LogP contribution >= 0.6 is 0 Å². The van der Waals surface area contributed by atoms with Gasteiger partial charge in [-0.1, -0.05) is 0 Å². The summed E-state index contributed by atoms with van der Waals surface area (Å²) in [6.07, 6.45) is 0. The second-order valence-corrected chi connectivity index (χ2v) is 1.39. The van der Waals surface area contributed by atoms with E-state index in [2.05, 4.69) is 0 Å². The summed E-state index contributed by atoms with van der Waals surface area (Å²) < 4.78 is 0. The Hall–Kier alpha value is 2.18. The first kappa shape index (κ1) is 36.9. The van der Waals surface area contributed by atoms with Crippen LogP contribution < -0.4 is 18.9 Å². The van der Waals surface area contributed by atoms with Crippen molar-refractivity contribution in [1.29, 1.82) is 0 Å². The van der Waals surface area contributed by atoms with E-state index in [0.717, 1.165) is 0 Å². The van der Waals surface area contributed by atoms with Crippen LogP contribution in [0.25, 0.3) is 0 Å². The predicted molar refractivity (Wildman–Crippen MR) is 56.5 cm³/mol. The molecule has 12 N–H and O–H groups in total. The van der Waals surface area contributed by atoms with Crippen LogP contribution in [0, 0.1) is 0 Å². The van der Waals surface area contributed by atoms with Crippen LogP contribution in [0.5, 0.6) is 0 Å². The van der Waals surface area contributed by atoms with Crippen LogP contribution in [0.4, 0.5) is 0 Å². The Morgan fingerprint density at radius 1 is 0.389 bits per heavy atom. The summed E-state index contributed by atoms with van der Waals surface area (Å²) in [4.78, 5) is 0. The minimum absolute atomic E-state index is 0. The Kier molecular flexibility index (Phi) is 64.7. The molecular weight excluding hydrogens is 328 g/mol. The van der Waals surface area contributed by atoms with E-state index >= 15 is 0 Å². The molecule has 0 aromatic heterocycles. The van der Waals surface area contributed by atoms with Crippen LogP contribution in [0.15, 0.2) is 0 Å². The fourth-order valence-electron chi connectivity index (χ4n) is 0. The fourth-order valence-corrected chi connectivity index (χ4v) is 0. The molecule has 0 saturated carbocycles. The first-order chi connectivity index (χ1) is 6.93. The Morgan fingerprint density at radius 3 is 0.389 bits per heavy atom. The molecule has 0 aliphatic carbocycles. The molecule has 0 unspecified atom stereocenters. The summed E-state index contributed by atoms with van der Waals surface area (Å²) in [6, 6.07) is 0. The number of rotatable bonds is 0. The summed E-state index contributed by atoms with van der Waals surface area (Å²) >= 11 is 0. The maximum atomic E-state index is 7.17. The van der Waals surface area contributed by atoms with Gasteiger partial charge in [0.2, 0.25) is 0 Å². The minimum atomic E-state index is -2.17. The standard InChI is InChI=1S/4BH3O3.Li.Rb.H/c4*2-1(3)4;;;/h4*2-4H;;;/q;;;;+1;;-1. The van der Waals surface area contributed by atoms with E-state index < -0.39 is 29.3 Å². The molecule has 18 heteroatoms. The topological polar surface area (TPSA) is 243 Å². The molecule has 0 atom stereocenters. The van der Waals surface area contributed by atoms with Gasteiger partial charge in [0.1, 0.15) is 0 Å². The summed E-state index contributed by atoms with van der Waals surface area (Å²) in [5.41, 5.74) is 0. The van der Waals surface area contributed by atoms with Gasteiger partial charge in [-0.15, -0.1) is 0 Å². The van der Waals surface area contributed by atoms with E-state index in [4.69, 9.17) is 60.3 Å². The van der Waals surface area contributed by atoms with Gasteiger partial charge in [-0.05, 0) is 0 Å². The number of hydrogen-bond acceptors (Lipinski definition) is 12. The van der Waals surface area contributed by atoms with Crippen molar-refractivity contribution in [2.75, 3.05) is 0 Å². The van der Waals surface area contributed by atoms with Gasteiger partial charge < -0.3 is 61.7 Å². The first-order valence-electron chi connectivity index (χ1n) is 3.10. The van der Waals surface area contributed by atoms with Gasteiger partial charge in [0.05, 0.1) is 0 Å². The van der Waals surface area contributed by atoms with Crippen molar-refractivity contribution in [3.63, 3.8) is 0 Å². The van der Waals surface area contributed by atoms with E-state index in [1.54, 1.807) is 0 Å². The molecular formula is H13B4LiO12Rb. The van der Waals surface area contributed by atoms with Crippen molar-refractivity contribution >= 4 is 87.5 Å². The van der Waals surface area contributed by atoms with Gasteiger partial charge in [-0.2, -0.15) is 0 Å². The maximum absolute atomic E-state index is 7.17. The molecule has 0 aliphatic heterocycles. The molecule has 0 amide bonds. The molecule has 0 aliphatic rings. The monoisotopic (exact) mass is 341 g/mol. The SMILES string of the molecule is OB(O)O.OB(O)O.OB(O)O.OB(O)O.[H-].[Li+].[Rb]. The summed E-state index contributed by atoms with van der Waals surface area (Å²) in [5, 5.41) is 86.0. The van der Waals surface area contributed by atoms with Gasteiger partial charge >= 0.3 is 48.1 Å². The third-order valence-electron chi connectivity index (χ3n) is 0. The third-order valence-corrected chi connectivity index (χ3v) is 0. The summed E-state index contributed by atoms with van der Waals surface area (Å²) in [6.45, 7) is 0. The van der Waals surface area contributed by atoms with Gasteiger partial charge in [0, 0.05) is 58.2 Å². The summed E-state index contributed by atoms with van der Waals surface area (Å²) in [7, 11) is -8.67. The molecule has 0 rings (SSSR count). The molecule has 99 valence electrons. The number of hydrogen-bond donors (Lipinski definition) is 12. The van der Waals surface area contributed by atoms with Gasteiger partial charge in [0.25, 0.3) is 0 Å². The maximum Gasteiger partial charge on any atom is 1.00 e. The third kappa shape index (κ3) is 1130. The zero-order valence-electron chi connectivity index (χ0n) is 10.7. The Morgan fingerprint density at radius 2 is 0.389 bits per heavy atom. The smallest absolute Gasteiger partial charge is 1.00 e. The van der Waals surface area contributed by atoms with E-state index in [1.165, 1.54) is 0 Å². The van der Waals surface area contributed by atoms with Crippen molar-refractivity contribution in [3.8, 4) is 0 Å². The molecule has 0 bridgehead atoms. The largest absolute Gasteiger partial charge is 1.00 e. The van der Waals surface area contributed by atoms with Gasteiger partial charge in [-0.3, -0.25) is 0 Å². The minimum Gasteiger partial charge on any atom is -1.00 e. The molecule has 0 aromatic rings. The summed E-state index contributed by atoms with van der Waals surface area (Å²) in [5.74, 6) is 0. The van der Waals surface area contributed by atoms with Crippen molar-refractivity contribution in [2.45, 2.75) is 0 Å². The van der Waals surface area contributed by atoms with Gasteiger partial charge in [0.15, 0.2) is 0 Å². The van der Waals surface area contributed by atoms with Crippen molar-refractivity contribution < 1.29 is 80.6 Å². The van der Waals surface area contributed by atoms with Crippen LogP contribution in [-0.2, 0) is 0 Å².